The van der Waals surface area contributed by atoms with Gasteiger partial charge in [0.05, 0.1) is 0 Å². The molecule has 0 aliphatic rings. The summed E-state index contributed by atoms with van der Waals surface area (Å²) in [6.07, 6.45) is 0. The van der Waals surface area contributed by atoms with Gasteiger partial charge in [-0.25, -0.2) is 0 Å². The highest BCUT2D eigenvalue weighted by molar-refractivity contribution is 6.99. The van der Waals surface area contributed by atoms with Gasteiger partial charge >= 0.3 is 0 Å². The third-order valence-electron chi connectivity index (χ3n) is 30.7. The topological polar surface area (TPSA) is 0 Å². The average Bonchev–Trinajstić information content (AvgIpc) is 0.718. The Labute approximate surface area is 718 Å². The maximum atomic E-state index is 2.48. The Bertz CT molecular complexity index is 5490. The zero-order valence-electron chi connectivity index (χ0n) is 81.2. The van der Waals surface area contributed by atoms with E-state index in [4.69, 9.17) is 0 Å². The molecule has 0 aromatic heterocycles. The van der Waals surface area contributed by atoms with E-state index in [1.165, 1.54) is 333 Å². The van der Waals surface area contributed by atoms with Crippen LogP contribution in [0.2, 0.25) is 0 Å². The van der Waals surface area contributed by atoms with Crippen LogP contribution >= 0.6 is 0 Å². The van der Waals surface area contributed by atoms with E-state index in [0.29, 0.717) is 0 Å². The predicted molar refractivity (Wildman–Crippen MR) is 532 cm³/mol. The smallest absolute Gasteiger partial charge is 0.0629 e. The summed E-state index contributed by atoms with van der Waals surface area (Å²) >= 11 is 0. The Balaban J connectivity index is 1.05. The van der Waals surface area contributed by atoms with Gasteiger partial charge in [-0.05, 0) is 391 Å². The number of rotatable bonds is 15. The molecule has 0 fully saturated rings. The fraction of sp³-hybridized carbons (Fsp3) is 0.368. The minimum Gasteiger partial charge on any atom is -0.0629 e. The van der Waals surface area contributed by atoms with Crippen LogP contribution in [0.1, 0.15) is 234 Å². The normalized spacial score (nSPS) is 11.6. The van der Waals surface area contributed by atoms with Crippen LogP contribution in [-0.4, -0.2) is 26.9 Å². The van der Waals surface area contributed by atoms with Crippen molar-refractivity contribution in [3.8, 4) is 33.4 Å². The summed E-state index contributed by atoms with van der Waals surface area (Å²) in [4.78, 5) is 0. The van der Waals surface area contributed by atoms with Crippen molar-refractivity contribution in [2.45, 2.75) is 291 Å². The monoisotopic (exact) mass is 1550 g/mol. The van der Waals surface area contributed by atoms with Crippen LogP contribution in [0.5, 0.6) is 0 Å². The van der Waals surface area contributed by atoms with Crippen molar-refractivity contribution in [1.29, 1.82) is 0 Å². The van der Waals surface area contributed by atoms with Crippen molar-refractivity contribution in [1.82, 2.24) is 0 Å². The first-order chi connectivity index (χ1) is 55.0. The average molecular weight is 1550 g/mol. The van der Waals surface area contributed by atoms with Crippen LogP contribution in [0.15, 0.2) is 72.8 Å². The highest BCUT2D eigenvalue weighted by atomic mass is 14.3. The highest BCUT2D eigenvalue weighted by Crippen LogP contribution is 2.43. The van der Waals surface area contributed by atoms with Crippen LogP contribution in [0.4, 0.5) is 0 Å². The van der Waals surface area contributed by atoms with E-state index in [1.54, 1.807) is 0 Å². The summed E-state index contributed by atoms with van der Waals surface area (Å²) < 4.78 is 0. The van der Waals surface area contributed by atoms with Crippen LogP contribution < -0.4 is 65.6 Å². The Hall–Kier alpha value is -9.10. The summed E-state index contributed by atoms with van der Waals surface area (Å²) in [5.41, 5.74) is 83.3. The van der Waals surface area contributed by atoms with Crippen molar-refractivity contribution < 1.29 is 0 Å². The lowest BCUT2D eigenvalue weighted by Crippen LogP contribution is -2.58. The molecule has 12 rings (SSSR count). The molecule has 0 heterocycles. The SMILES string of the molecule is Cc1cc(C)c(B(c2c(C)cc(C)cc2C)c2c(C)c(C)c(-c3c(C)c(C)c(B(c4c(C)cc(C)cc4C)c4c(C)c(C)c(-c5c(C)c(C)c(B(c6c(C)cc(C)cc6C)c6c(C)c(C)c(-c7c(C)c(C)c(B(c8c(C)cc(C)cc8C)c8c(C)cc(C)cc8C)c(C)c7C)c(C)c6C)c(C)c5C)c(C)c4C)c(C)c3C)c(C)c2C)c(C)c1. The molecular formula is C114H138B4. The molecular weight excluding hydrogens is 1410 g/mol. The number of hydrogen-bond donors (Lipinski definition) is 0. The minimum absolute atomic E-state index is 0.0168. The van der Waals surface area contributed by atoms with Crippen molar-refractivity contribution in [2.24, 2.45) is 0 Å². The second kappa shape index (κ2) is 32.5. The fourth-order valence-electron chi connectivity index (χ4n) is 24.5. The highest BCUT2D eigenvalue weighted by Gasteiger charge is 2.41. The lowest BCUT2D eigenvalue weighted by molar-refractivity contribution is 1.21. The third kappa shape index (κ3) is 14.2. The Morgan fingerprint density at radius 2 is 0.178 bits per heavy atom. The van der Waals surface area contributed by atoms with E-state index in [0.717, 1.165) is 0 Å². The van der Waals surface area contributed by atoms with Gasteiger partial charge in [-0.2, -0.15) is 0 Å². The number of benzene rings is 12. The predicted octanol–water partition coefficient (Wildman–Crippen LogP) is 21.7. The standard InChI is InChI=1S/C114H138B4/c1-55-43-61(7)103(62(8)44-55)115(104-63(9)45-56(2)46-64(104)10)109-85(31)73(19)97(74(20)86(109)32)99-77(23)89(35)111(90(36)78(99)24)117(107-69(15)51-59(5)52-70(107)16)113-93(39)81(27)101(82(28)94(113)40)102-83(29)95(41)114(96(42)84(102)30)118(108-71(17)53-60(6)54-72(108)18)112-91(37)79(25)100(80(26)92(112)38)98-75(21)87(33)110(88(34)76(98)22)116(105-65(11)47-57(3)48-66(105)12)106-67(13)49-58(4)50-68(106)14/h43-54H,1-42H3. The second-order valence-electron chi connectivity index (χ2n) is 38.3. The zero-order chi connectivity index (χ0) is 87.4. The summed E-state index contributed by atoms with van der Waals surface area (Å²) in [6.45, 7) is 101. The van der Waals surface area contributed by atoms with Gasteiger partial charge in [0.1, 0.15) is 0 Å². The van der Waals surface area contributed by atoms with Gasteiger partial charge in [0, 0.05) is 0 Å². The zero-order valence-corrected chi connectivity index (χ0v) is 81.2. The number of hydrogen-bond acceptors (Lipinski definition) is 0. The molecule has 0 nitrogen and oxygen atoms in total. The van der Waals surface area contributed by atoms with Crippen molar-refractivity contribution in [3.63, 3.8) is 0 Å². The van der Waals surface area contributed by atoms with Crippen molar-refractivity contribution in [3.05, 3.63) is 306 Å². The van der Waals surface area contributed by atoms with Gasteiger partial charge in [-0.1, -0.05) is 305 Å². The molecule has 0 unspecified atom stereocenters. The van der Waals surface area contributed by atoms with E-state index >= 15 is 0 Å². The molecule has 0 aliphatic heterocycles. The third-order valence-corrected chi connectivity index (χ3v) is 30.7. The molecule has 12 aromatic rings. The lowest BCUT2D eigenvalue weighted by Gasteiger charge is -2.34. The quantitative estimate of drug-likeness (QED) is 0.0898. The first-order valence-electron chi connectivity index (χ1n) is 44.1. The van der Waals surface area contributed by atoms with Gasteiger partial charge in [-0.3, -0.25) is 0 Å². The van der Waals surface area contributed by atoms with Gasteiger partial charge in [0.15, 0.2) is 0 Å². The van der Waals surface area contributed by atoms with E-state index in [1.807, 2.05) is 0 Å². The molecule has 0 saturated heterocycles. The first-order valence-corrected chi connectivity index (χ1v) is 44.1. The molecule has 12 aromatic carbocycles. The van der Waals surface area contributed by atoms with Crippen molar-refractivity contribution in [2.75, 3.05) is 0 Å². The van der Waals surface area contributed by atoms with Gasteiger partial charge in [0.2, 0.25) is 26.9 Å². The fourth-order valence-corrected chi connectivity index (χ4v) is 24.5. The summed E-state index contributed by atoms with van der Waals surface area (Å²) in [6, 6.07) is 29.1. The summed E-state index contributed by atoms with van der Waals surface area (Å²) in [5.74, 6) is 0. The molecule has 0 amide bonds. The lowest BCUT2D eigenvalue weighted by atomic mass is 9.32. The first kappa shape index (κ1) is 88.2. The van der Waals surface area contributed by atoms with Gasteiger partial charge < -0.3 is 0 Å². The summed E-state index contributed by atoms with van der Waals surface area (Å²) in [7, 11) is 0. The van der Waals surface area contributed by atoms with Crippen LogP contribution in [-0.2, 0) is 0 Å². The van der Waals surface area contributed by atoms with Crippen LogP contribution in [0.25, 0.3) is 33.4 Å². The van der Waals surface area contributed by atoms with Crippen LogP contribution in [0, 0.1) is 291 Å². The number of aryl methyl sites for hydroxylation is 18. The largest absolute Gasteiger partial charge is 0.243 e. The van der Waals surface area contributed by atoms with E-state index in [2.05, 4.69) is 364 Å². The molecule has 0 radical (unpaired) electrons. The van der Waals surface area contributed by atoms with Gasteiger partial charge in [0.25, 0.3) is 0 Å². The molecule has 0 saturated carbocycles. The van der Waals surface area contributed by atoms with Crippen LogP contribution in [0.3, 0.4) is 0 Å². The molecule has 606 valence electrons. The molecule has 0 atom stereocenters. The maximum absolute atomic E-state index is 2.48. The Morgan fingerprint density at radius 1 is 0.102 bits per heavy atom. The summed E-state index contributed by atoms with van der Waals surface area (Å²) in [5, 5.41) is 0. The Kier molecular flexibility index (Phi) is 24.3. The molecule has 0 bridgehead atoms. The minimum atomic E-state index is -0.0168. The second-order valence-corrected chi connectivity index (χ2v) is 38.3. The molecule has 0 spiro atoms. The molecule has 0 N–H and O–H groups in total. The Morgan fingerprint density at radius 3 is 0.263 bits per heavy atom. The van der Waals surface area contributed by atoms with E-state index in [-0.39, 0.29) is 26.9 Å². The van der Waals surface area contributed by atoms with Gasteiger partial charge in [-0.15, -0.1) is 0 Å². The molecule has 0 aliphatic carbocycles. The van der Waals surface area contributed by atoms with E-state index < -0.39 is 0 Å². The maximum Gasteiger partial charge on any atom is 0.243 e. The van der Waals surface area contributed by atoms with Crippen molar-refractivity contribution >= 4 is 92.4 Å². The molecule has 4 heteroatoms. The van der Waals surface area contributed by atoms with E-state index in [9.17, 15) is 0 Å². The molecule has 118 heavy (non-hydrogen) atoms.